The summed E-state index contributed by atoms with van der Waals surface area (Å²) < 4.78 is 0. The summed E-state index contributed by atoms with van der Waals surface area (Å²) in [6.07, 6.45) is 3.78. The molecule has 1 fully saturated rings. The monoisotopic (exact) mass is 193 g/mol. The third-order valence-electron chi connectivity index (χ3n) is 2.72. The van der Waals surface area contributed by atoms with Crippen LogP contribution in [0.1, 0.15) is 18.4 Å². The number of pyridine rings is 1. The molecule has 0 saturated heterocycles. The Labute approximate surface area is 81.2 Å². The highest BCUT2D eigenvalue weighted by molar-refractivity contribution is 5.71. The smallest absolute Gasteiger partial charge is 0.306 e. The highest BCUT2D eigenvalue weighted by Gasteiger charge is 2.47. The Hall–Kier alpha value is -1.42. The number of carboxylic acids is 1. The number of rotatable bonds is 2. The van der Waals surface area contributed by atoms with E-state index in [1.165, 1.54) is 0 Å². The molecule has 1 heterocycles. The summed E-state index contributed by atoms with van der Waals surface area (Å²) in [5.41, 5.74) is -0.269. The van der Waals surface area contributed by atoms with Gasteiger partial charge in [0.15, 0.2) is 0 Å². The molecule has 1 aliphatic rings. The van der Waals surface area contributed by atoms with E-state index < -0.39 is 17.5 Å². The van der Waals surface area contributed by atoms with E-state index in [2.05, 4.69) is 4.98 Å². The molecule has 1 aromatic heterocycles. The number of hydrogen-bond donors (Lipinski definition) is 2. The maximum atomic E-state index is 10.6. The van der Waals surface area contributed by atoms with Gasteiger partial charge in [-0.1, -0.05) is 6.07 Å². The molecule has 0 aromatic carbocycles. The first-order valence-electron chi connectivity index (χ1n) is 4.47. The number of aliphatic hydroxyl groups is 1. The van der Waals surface area contributed by atoms with Crippen LogP contribution < -0.4 is 0 Å². The van der Waals surface area contributed by atoms with E-state index >= 15 is 0 Å². The number of aliphatic carboxylic acids is 1. The molecule has 0 radical (unpaired) electrons. The van der Waals surface area contributed by atoms with E-state index in [1.54, 1.807) is 24.5 Å². The summed E-state index contributed by atoms with van der Waals surface area (Å²) in [4.78, 5) is 14.5. The van der Waals surface area contributed by atoms with Gasteiger partial charge in [0.25, 0.3) is 0 Å². The molecule has 0 bridgehead atoms. The van der Waals surface area contributed by atoms with Gasteiger partial charge in [-0.05, 0) is 18.9 Å². The van der Waals surface area contributed by atoms with Crippen molar-refractivity contribution in [3.8, 4) is 0 Å². The maximum absolute atomic E-state index is 10.6. The first-order valence-corrected chi connectivity index (χ1v) is 4.47. The molecular weight excluding hydrogens is 182 g/mol. The summed E-state index contributed by atoms with van der Waals surface area (Å²) >= 11 is 0. The summed E-state index contributed by atoms with van der Waals surface area (Å²) in [6.45, 7) is 0. The van der Waals surface area contributed by atoms with Gasteiger partial charge in [0.1, 0.15) is 0 Å². The Balaban J connectivity index is 2.12. The van der Waals surface area contributed by atoms with Crippen molar-refractivity contribution in [2.45, 2.75) is 18.4 Å². The molecule has 0 unspecified atom stereocenters. The van der Waals surface area contributed by atoms with Gasteiger partial charge in [0.2, 0.25) is 0 Å². The third-order valence-corrected chi connectivity index (χ3v) is 2.72. The summed E-state index contributed by atoms with van der Waals surface area (Å²) in [5.74, 6) is -1.25. The summed E-state index contributed by atoms with van der Waals surface area (Å²) in [7, 11) is 0. The number of carbonyl (C=O) groups is 1. The number of aromatic nitrogens is 1. The second kappa shape index (κ2) is 3.06. The quantitative estimate of drug-likeness (QED) is 0.727. The SMILES string of the molecule is O=C(O)C1CC(O)(c2cccnc2)C1. The number of hydrogen-bond acceptors (Lipinski definition) is 3. The van der Waals surface area contributed by atoms with Crippen LogP contribution in [-0.2, 0) is 10.4 Å². The van der Waals surface area contributed by atoms with Crippen LogP contribution in [0.25, 0.3) is 0 Å². The van der Waals surface area contributed by atoms with Crippen molar-refractivity contribution in [3.63, 3.8) is 0 Å². The predicted molar refractivity (Wildman–Crippen MR) is 48.5 cm³/mol. The van der Waals surface area contributed by atoms with Crippen molar-refractivity contribution < 1.29 is 15.0 Å². The number of carboxylic acid groups (broad SMARTS) is 1. The van der Waals surface area contributed by atoms with Gasteiger partial charge in [0, 0.05) is 18.0 Å². The van der Waals surface area contributed by atoms with Gasteiger partial charge in [-0.3, -0.25) is 9.78 Å². The molecule has 74 valence electrons. The van der Waals surface area contributed by atoms with Crippen molar-refractivity contribution in [2.75, 3.05) is 0 Å². The molecule has 0 atom stereocenters. The Bertz CT molecular complexity index is 344. The van der Waals surface area contributed by atoms with E-state index in [-0.39, 0.29) is 12.8 Å². The average Bonchev–Trinajstić information content (AvgIpc) is 2.14. The molecule has 2 N–H and O–H groups in total. The van der Waals surface area contributed by atoms with Gasteiger partial charge < -0.3 is 10.2 Å². The van der Waals surface area contributed by atoms with E-state index in [0.29, 0.717) is 5.56 Å². The van der Waals surface area contributed by atoms with Crippen molar-refractivity contribution in [2.24, 2.45) is 5.92 Å². The Morgan fingerprint density at radius 2 is 2.29 bits per heavy atom. The zero-order valence-electron chi connectivity index (χ0n) is 7.55. The fourth-order valence-corrected chi connectivity index (χ4v) is 1.80. The normalized spacial score (nSPS) is 30.8. The lowest BCUT2D eigenvalue weighted by Crippen LogP contribution is -2.44. The Morgan fingerprint density at radius 1 is 1.57 bits per heavy atom. The van der Waals surface area contributed by atoms with Crippen LogP contribution in [0, 0.1) is 5.92 Å². The molecule has 0 aliphatic heterocycles. The van der Waals surface area contributed by atoms with Crippen LogP contribution in [-0.4, -0.2) is 21.2 Å². The van der Waals surface area contributed by atoms with Gasteiger partial charge in [0.05, 0.1) is 11.5 Å². The largest absolute Gasteiger partial charge is 0.481 e. The van der Waals surface area contributed by atoms with Crippen molar-refractivity contribution in [3.05, 3.63) is 30.1 Å². The average molecular weight is 193 g/mol. The molecule has 14 heavy (non-hydrogen) atoms. The van der Waals surface area contributed by atoms with Gasteiger partial charge in [-0.15, -0.1) is 0 Å². The van der Waals surface area contributed by atoms with Crippen molar-refractivity contribution in [1.29, 1.82) is 0 Å². The Kier molecular flexibility index (Phi) is 2.00. The maximum Gasteiger partial charge on any atom is 0.306 e. The lowest BCUT2D eigenvalue weighted by atomic mass is 9.68. The van der Waals surface area contributed by atoms with Crippen LogP contribution in [0.5, 0.6) is 0 Å². The first kappa shape index (κ1) is 9.15. The Morgan fingerprint density at radius 3 is 2.79 bits per heavy atom. The van der Waals surface area contributed by atoms with E-state index in [4.69, 9.17) is 5.11 Å². The van der Waals surface area contributed by atoms with Gasteiger partial charge in [-0.25, -0.2) is 0 Å². The zero-order chi connectivity index (χ0) is 10.2. The van der Waals surface area contributed by atoms with E-state index in [9.17, 15) is 9.90 Å². The van der Waals surface area contributed by atoms with Gasteiger partial charge >= 0.3 is 5.97 Å². The summed E-state index contributed by atoms with van der Waals surface area (Å²) in [5, 5.41) is 18.7. The molecule has 1 aliphatic carbocycles. The second-order valence-electron chi connectivity index (χ2n) is 3.72. The fourth-order valence-electron chi connectivity index (χ4n) is 1.80. The lowest BCUT2D eigenvalue weighted by Gasteiger charge is -2.41. The minimum absolute atomic E-state index is 0.286. The van der Waals surface area contributed by atoms with Gasteiger partial charge in [-0.2, -0.15) is 0 Å². The molecular formula is C10H11NO3. The van der Waals surface area contributed by atoms with E-state index in [0.717, 1.165) is 0 Å². The predicted octanol–water partition coefficient (Wildman–Crippen LogP) is 0.764. The highest BCUT2D eigenvalue weighted by atomic mass is 16.4. The minimum Gasteiger partial charge on any atom is -0.481 e. The summed E-state index contributed by atoms with van der Waals surface area (Å²) in [6, 6.07) is 3.51. The van der Waals surface area contributed by atoms with Crippen molar-refractivity contribution >= 4 is 5.97 Å². The third kappa shape index (κ3) is 1.37. The minimum atomic E-state index is -0.975. The van der Waals surface area contributed by atoms with Crippen molar-refractivity contribution in [1.82, 2.24) is 4.98 Å². The number of nitrogens with zero attached hydrogens (tertiary/aromatic N) is 1. The molecule has 4 nitrogen and oxygen atoms in total. The topological polar surface area (TPSA) is 70.4 Å². The molecule has 2 rings (SSSR count). The molecule has 1 aromatic rings. The highest BCUT2D eigenvalue weighted by Crippen LogP contribution is 2.45. The van der Waals surface area contributed by atoms with E-state index in [1.807, 2.05) is 0 Å². The fraction of sp³-hybridized carbons (Fsp3) is 0.400. The van der Waals surface area contributed by atoms with Crippen LogP contribution in [0.3, 0.4) is 0 Å². The molecule has 0 amide bonds. The molecule has 1 saturated carbocycles. The van der Waals surface area contributed by atoms with Crippen LogP contribution >= 0.6 is 0 Å². The standard InChI is InChI=1S/C10H11NO3/c12-9(13)7-4-10(14,5-7)8-2-1-3-11-6-8/h1-3,6-7,14H,4-5H2,(H,12,13). The molecule has 4 heteroatoms. The van der Waals surface area contributed by atoms with Crippen LogP contribution in [0.4, 0.5) is 0 Å². The second-order valence-corrected chi connectivity index (χ2v) is 3.72. The van der Waals surface area contributed by atoms with Crippen LogP contribution in [0.15, 0.2) is 24.5 Å². The molecule has 0 spiro atoms. The van der Waals surface area contributed by atoms with Crippen LogP contribution in [0.2, 0.25) is 0 Å². The first-order chi connectivity index (χ1) is 6.62. The zero-order valence-corrected chi connectivity index (χ0v) is 7.55. The lowest BCUT2D eigenvalue weighted by molar-refractivity contribution is -0.159.